The summed E-state index contributed by atoms with van der Waals surface area (Å²) in [6.07, 6.45) is 2.95. The average molecular weight is 226 g/mol. The molecule has 0 aromatic carbocycles. The number of hydrogen-bond donors (Lipinski definition) is 1. The summed E-state index contributed by atoms with van der Waals surface area (Å²) in [5, 5.41) is 0.536. The minimum Gasteiger partial charge on any atom is -0.369 e. The molecule has 1 aromatic rings. The van der Waals surface area contributed by atoms with Crippen molar-refractivity contribution in [3.05, 3.63) is 23.5 Å². The van der Waals surface area contributed by atoms with Crippen LogP contribution >= 0.6 is 11.6 Å². The molecule has 1 aliphatic rings. The number of piperidine rings is 1. The number of halogens is 1. The van der Waals surface area contributed by atoms with Gasteiger partial charge in [-0.15, -0.1) is 0 Å². The first kappa shape index (κ1) is 10.7. The van der Waals surface area contributed by atoms with Gasteiger partial charge in [-0.05, 0) is 24.5 Å². The van der Waals surface area contributed by atoms with E-state index >= 15 is 0 Å². The molecule has 3 nitrogen and oxygen atoms in total. The molecule has 15 heavy (non-hydrogen) atoms. The van der Waals surface area contributed by atoms with E-state index in [-0.39, 0.29) is 6.04 Å². The van der Waals surface area contributed by atoms with Crippen molar-refractivity contribution in [2.24, 2.45) is 11.7 Å². The fourth-order valence-corrected chi connectivity index (χ4v) is 2.00. The van der Waals surface area contributed by atoms with Crippen LogP contribution in [0.25, 0.3) is 0 Å². The highest BCUT2D eigenvalue weighted by molar-refractivity contribution is 6.29. The van der Waals surface area contributed by atoms with Crippen molar-refractivity contribution < 1.29 is 0 Å². The quantitative estimate of drug-likeness (QED) is 0.743. The van der Waals surface area contributed by atoms with Gasteiger partial charge >= 0.3 is 0 Å². The van der Waals surface area contributed by atoms with E-state index in [9.17, 15) is 0 Å². The van der Waals surface area contributed by atoms with Crippen molar-refractivity contribution in [3.8, 4) is 0 Å². The predicted molar refractivity (Wildman–Crippen MR) is 63.2 cm³/mol. The first-order valence-electron chi connectivity index (χ1n) is 5.29. The molecule has 0 amide bonds. The first-order chi connectivity index (χ1) is 7.16. The maximum absolute atomic E-state index is 6.05. The van der Waals surface area contributed by atoms with Crippen molar-refractivity contribution in [1.29, 1.82) is 0 Å². The largest absolute Gasteiger partial charge is 0.369 e. The molecule has 0 unspecified atom stereocenters. The van der Waals surface area contributed by atoms with Gasteiger partial charge in [-0.3, -0.25) is 0 Å². The minimum atomic E-state index is 0.259. The maximum atomic E-state index is 6.05. The van der Waals surface area contributed by atoms with Gasteiger partial charge < -0.3 is 10.6 Å². The molecule has 2 rings (SSSR count). The van der Waals surface area contributed by atoms with E-state index < -0.39 is 0 Å². The highest BCUT2D eigenvalue weighted by atomic mass is 35.5. The first-order valence-corrected chi connectivity index (χ1v) is 5.66. The molecule has 82 valence electrons. The van der Waals surface area contributed by atoms with E-state index in [2.05, 4.69) is 16.8 Å². The molecule has 2 N–H and O–H groups in total. The van der Waals surface area contributed by atoms with Gasteiger partial charge in [0.2, 0.25) is 0 Å². The molecule has 1 aromatic heterocycles. The van der Waals surface area contributed by atoms with Crippen LogP contribution in [0.4, 0.5) is 5.69 Å². The van der Waals surface area contributed by atoms with Crippen LogP contribution in [0, 0.1) is 5.92 Å². The fourth-order valence-electron chi connectivity index (χ4n) is 1.89. The van der Waals surface area contributed by atoms with Gasteiger partial charge in [0.05, 0.1) is 11.9 Å². The molecule has 2 atom stereocenters. The highest BCUT2D eigenvalue weighted by Crippen LogP contribution is 2.22. The Bertz CT molecular complexity index is 325. The Kier molecular flexibility index (Phi) is 3.12. The zero-order valence-electron chi connectivity index (χ0n) is 8.86. The Labute approximate surface area is 95.2 Å². The van der Waals surface area contributed by atoms with E-state index in [1.165, 1.54) is 0 Å². The summed E-state index contributed by atoms with van der Waals surface area (Å²) in [7, 11) is 0. The summed E-state index contributed by atoms with van der Waals surface area (Å²) < 4.78 is 0. The summed E-state index contributed by atoms with van der Waals surface area (Å²) in [6, 6.07) is 4.08. The molecule has 1 saturated heterocycles. The minimum absolute atomic E-state index is 0.259. The van der Waals surface area contributed by atoms with Gasteiger partial charge in [-0.25, -0.2) is 4.98 Å². The number of pyridine rings is 1. The van der Waals surface area contributed by atoms with E-state index in [1.54, 1.807) is 0 Å². The Morgan fingerprint density at radius 2 is 2.33 bits per heavy atom. The second-order valence-corrected chi connectivity index (χ2v) is 4.60. The zero-order chi connectivity index (χ0) is 10.8. The zero-order valence-corrected chi connectivity index (χ0v) is 9.61. The Hall–Kier alpha value is -0.800. The monoisotopic (exact) mass is 225 g/mol. The highest BCUT2D eigenvalue weighted by Gasteiger charge is 2.23. The third kappa shape index (κ3) is 2.41. The van der Waals surface area contributed by atoms with Crippen LogP contribution in [0.2, 0.25) is 5.15 Å². The molecule has 0 radical (unpaired) electrons. The number of nitrogens with zero attached hydrogens (tertiary/aromatic N) is 2. The van der Waals surface area contributed by atoms with Crippen LogP contribution in [-0.4, -0.2) is 24.1 Å². The SMILES string of the molecule is C[C@H]1CCN(c2ccc(Cl)nc2)C[C@H]1N. The molecule has 1 aliphatic heterocycles. The normalized spacial score (nSPS) is 26.7. The van der Waals surface area contributed by atoms with Gasteiger partial charge in [0, 0.05) is 19.1 Å². The maximum Gasteiger partial charge on any atom is 0.129 e. The molecule has 2 heterocycles. The van der Waals surface area contributed by atoms with E-state index in [1.807, 2.05) is 18.3 Å². The second kappa shape index (κ2) is 4.37. The fraction of sp³-hybridized carbons (Fsp3) is 0.545. The molecule has 0 bridgehead atoms. The molecule has 0 saturated carbocycles. The smallest absolute Gasteiger partial charge is 0.129 e. The van der Waals surface area contributed by atoms with Gasteiger partial charge in [-0.1, -0.05) is 18.5 Å². The van der Waals surface area contributed by atoms with Gasteiger partial charge in [0.15, 0.2) is 0 Å². The van der Waals surface area contributed by atoms with Crippen molar-refractivity contribution in [1.82, 2.24) is 4.98 Å². The van der Waals surface area contributed by atoms with Crippen molar-refractivity contribution >= 4 is 17.3 Å². The summed E-state index contributed by atoms with van der Waals surface area (Å²) >= 11 is 5.75. The van der Waals surface area contributed by atoms with Crippen LogP contribution < -0.4 is 10.6 Å². The number of nitrogens with two attached hydrogens (primary N) is 1. The standard InChI is InChI=1S/C11H16ClN3/c1-8-4-5-15(7-10(8)13)9-2-3-11(12)14-6-9/h2-3,6,8,10H,4-5,7,13H2,1H3/t8-,10+/m0/s1. The lowest BCUT2D eigenvalue weighted by Gasteiger charge is -2.36. The number of anilines is 1. The third-order valence-electron chi connectivity index (χ3n) is 3.09. The van der Waals surface area contributed by atoms with Crippen molar-refractivity contribution in [2.45, 2.75) is 19.4 Å². The van der Waals surface area contributed by atoms with Crippen molar-refractivity contribution in [3.63, 3.8) is 0 Å². The summed E-state index contributed by atoms with van der Waals surface area (Å²) in [6.45, 7) is 4.17. The van der Waals surface area contributed by atoms with Gasteiger partial charge in [0.25, 0.3) is 0 Å². The van der Waals surface area contributed by atoms with Crippen LogP contribution in [-0.2, 0) is 0 Å². The van der Waals surface area contributed by atoms with E-state index in [0.717, 1.165) is 25.2 Å². The van der Waals surface area contributed by atoms with Crippen LogP contribution in [0.1, 0.15) is 13.3 Å². The number of aromatic nitrogens is 1. The summed E-state index contributed by atoms with van der Waals surface area (Å²) in [5.74, 6) is 0.613. The lowest BCUT2D eigenvalue weighted by atomic mass is 9.94. The summed E-state index contributed by atoms with van der Waals surface area (Å²) in [4.78, 5) is 6.35. The molecular weight excluding hydrogens is 210 g/mol. The van der Waals surface area contributed by atoms with Crippen molar-refractivity contribution in [2.75, 3.05) is 18.0 Å². The molecule has 1 fully saturated rings. The summed E-state index contributed by atoms with van der Waals surface area (Å²) in [5.41, 5.74) is 7.16. The Balaban J connectivity index is 2.08. The second-order valence-electron chi connectivity index (χ2n) is 4.21. The average Bonchev–Trinajstić information content (AvgIpc) is 2.23. The Morgan fingerprint density at radius 1 is 1.53 bits per heavy atom. The Morgan fingerprint density at radius 3 is 2.93 bits per heavy atom. The van der Waals surface area contributed by atoms with E-state index in [4.69, 9.17) is 17.3 Å². The topological polar surface area (TPSA) is 42.2 Å². The molecule has 0 spiro atoms. The lowest BCUT2D eigenvalue weighted by molar-refractivity contribution is 0.379. The molecule has 0 aliphatic carbocycles. The van der Waals surface area contributed by atoms with E-state index in [0.29, 0.717) is 11.1 Å². The van der Waals surface area contributed by atoms with Crippen LogP contribution in [0.15, 0.2) is 18.3 Å². The van der Waals surface area contributed by atoms with Gasteiger partial charge in [-0.2, -0.15) is 0 Å². The lowest BCUT2D eigenvalue weighted by Crippen LogP contribution is -2.47. The van der Waals surface area contributed by atoms with Crippen LogP contribution in [0.3, 0.4) is 0 Å². The number of rotatable bonds is 1. The number of hydrogen-bond acceptors (Lipinski definition) is 3. The third-order valence-corrected chi connectivity index (χ3v) is 3.32. The molecular formula is C11H16ClN3. The predicted octanol–water partition coefficient (Wildman–Crippen LogP) is 1.91. The van der Waals surface area contributed by atoms with Gasteiger partial charge in [0.1, 0.15) is 5.15 Å². The molecule has 4 heteroatoms. The van der Waals surface area contributed by atoms with Crippen LogP contribution in [0.5, 0.6) is 0 Å².